The van der Waals surface area contributed by atoms with Crippen molar-refractivity contribution in [3.05, 3.63) is 0 Å². The van der Waals surface area contributed by atoms with Crippen molar-refractivity contribution in [1.82, 2.24) is 5.32 Å². The molecule has 0 aromatic rings. The van der Waals surface area contributed by atoms with Gasteiger partial charge in [0.1, 0.15) is 0 Å². The first kappa shape index (κ1) is 11.4. The molecule has 3 nitrogen and oxygen atoms in total. The zero-order valence-corrected chi connectivity index (χ0v) is 9.61. The van der Waals surface area contributed by atoms with E-state index >= 15 is 0 Å². The van der Waals surface area contributed by atoms with Gasteiger partial charge >= 0.3 is 0 Å². The molecule has 0 radical (unpaired) electrons. The predicted molar refractivity (Wildman–Crippen MR) is 59.8 cm³/mol. The lowest BCUT2D eigenvalue weighted by Gasteiger charge is -2.21. The van der Waals surface area contributed by atoms with Gasteiger partial charge in [-0.2, -0.15) is 0 Å². The highest BCUT2D eigenvalue weighted by Crippen LogP contribution is 2.38. The minimum absolute atomic E-state index is 0.309. The van der Waals surface area contributed by atoms with Crippen molar-refractivity contribution in [2.45, 2.75) is 57.3 Å². The van der Waals surface area contributed by atoms with Gasteiger partial charge < -0.3 is 15.2 Å². The predicted octanol–water partition coefficient (Wildman–Crippen LogP) is 1.30. The Balaban J connectivity index is 1.61. The average Bonchev–Trinajstić information content (AvgIpc) is 2.84. The van der Waals surface area contributed by atoms with Crippen molar-refractivity contribution in [2.75, 3.05) is 13.2 Å². The van der Waals surface area contributed by atoms with E-state index < -0.39 is 0 Å². The first-order valence-corrected chi connectivity index (χ1v) is 6.29. The molecule has 2 aliphatic rings. The van der Waals surface area contributed by atoms with Gasteiger partial charge in [-0.25, -0.2) is 0 Å². The maximum absolute atomic E-state index is 8.73. The average molecular weight is 213 g/mol. The Labute approximate surface area is 92.2 Å². The fourth-order valence-corrected chi connectivity index (χ4v) is 2.81. The summed E-state index contributed by atoms with van der Waals surface area (Å²) in [7, 11) is 0. The topological polar surface area (TPSA) is 41.5 Å². The summed E-state index contributed by atoms with van der Waals surface area (Å²) < 4.78 is 5.82. The molecule has 15 heavy (non-hydrogen) atoms. The molecule has 0 amide bonds. The summed E-state index contributed by atoms with van der Waals surface area (Å²) >= 11 is 0. The van der Waals surface area contributed by atoms with Crippen molar-refractivity contribution in [3.8, 4) is 0 Å². The number of hydrogen-bond donors (Lipinski definition) is 2. The van der Waals surface area contributed by atoms with Crippen LogP contribution in [-0.4, -0.2) is 36.5 Å². The highest BCUT2D eigenvalue weighted by Gasteiger charge is 2.40. The third-order valence-electron chi connectivity index (χ3n) is 3.76. The van der Waals surface area contributed by atoms with Crippen molar-refractivity contribution in [1.29, 1.82) is 0 Å². The molecule has 0 spiro atoms. The molecular formula is C12H23NO2. The van der Waals surface area contributed by atoms with E-state index in [1.807, 2.05) is 0 Å². The summed E-state index contributed by atoms with van der Waals surface area (Å²) in [6.07, 6.45) is 6.87. The molecule has 2 saturated heterocycles. The standard InChI is InChI=1S/C12H23NO2/c1-9(3-2-6-14)13-8-10-7-11-4-5-12(10)15-11/h9-14H,2-8H2,1H3. The van der Waals surface area contributed by atoms with Gasteiger partial charge in [-0.05, 0) is 39.0 Å². The van der Waals surface area contributed by atoms with Crippen LogP contribution in [0.3, 0.4) is 0 Å². The molecule has 88 valence electrons. The number of fused-ring (bicyclic) bond motifs is 2. The molecule has 2 rings (SSSR count). The van der Waals surface area contributed by atoms with E-state index in [1.165, 1.54) is 19.3 Å². The fraction of sp³-hybridized carbons (Fsp3) is 1.00. The first-order valence-electron chi connectivity index (χ1n) is 6.29. The van der Waals surface area contributed by atoms with Crippen LogP contribution >= 0.6 is 0 Å². The highest BCUT2D eigenvalue weighted by molar-refractivity contribution is 4.90. The summed E-state index contributed by atoms with van der Waals surface area (Å²) in [5.41, 5.74) is 0. The maximum Gasteiger partial charge on any atom is 0.0621 e. The van der Waals surface area contributed by atoms with E-state index in [0.717, 1.165) is 25.3 Å². The second-order valence-corrected chi connectivity index (χ2v) is 5.04. The van der Waals surface area contributed by atoms with E-state index in [1.54, 1.807) is 0 Å². The van der Waals surface area contributed by atoms with Crippen LogP contribution in [0, 0.1) is 5.92 Å². The van der Waals surface area contributed by atoms with Crippen molar-refractivity contribution < 1.29 is 9.84 Å². The van der Waals surface area contributed by atoms with Crippen LogP contribution in [-0.2, 0) is 4.74 Å². The summed E-state index contributed by atoms with van der Waals surface area (Å²) in [5.74, 6) is 0.736. The fourth-order valence-electron chi connectivity index (χ4n) is 2.81. The molecule has 4 atom stereocenters. The van der Waals surface area contributed by atoms with Gasteiger partial charge in [-0.3, -0.25) is 0 Å². The lowest BCUT2D eigenvalue weighted by Crippen LogP contribution is -2.35. The van der Waals surface area contributed by atoms with Gasteiger partial charge in [0.15, 0.2) is 0 Å². The van der Waals surface area contributed by atoms with Crippen LogP contribution in [0.25, 0.3) is 0 Å². The first-order chi connectivity index (χ1) is 7.29. The van der Waals surface area contributed by atoms with Crippen LogP contribution in [0.2, 0.25) is 0 Å². The van der Waals surface area contributed by atoms with Crippen LogP contribution in [0.15, 0.2) is 0 Å². The lowest BCUT2D eigenvalue weighted by atomic mass is 9.89. The van der Waals surface area contributed by atoms with Crippen molar-refractivity contribution >= 4 is 0 Å². The molecule has 2 bridgehead atoms. The smallest absolute Gasteiger partial charge is 0.0621 e. The van der Waals surface area contributed by atoms with Gasteiger partial charge in [-0.15, -0.1) is 0 Å². The second kappa shape index (κ2) is 5.28. The normalized spacial score (nSPS) is 36.0. The molecular weight excluding hydrogens is 190 g/mol. The monoisotopic (exact) mass is 213 g/mol. The molecule has 2 N–H and O–H groups in total. The Morgan fingerprint density at radius 1 is 1.47 bits per heavy atom. The Bertz CT molecular complexity index is 198. The Hall–Kier alpha value is -0.120. The third-order valence-corrected chi connectivity index (χ3v) is 3.76. The van der Waals surface area contributed by atoms with Crippen LogP contribution in [0.1, 0.15) is 39.0 Å². The van der Waals surface area contributed by atoms with E-state index in [0.29, 0.717) is 24.9 Å². The van der Waals surface area contributed by atoms with E-state index in [2.05, 4.69) is 12.2 Å². The van der Waals surface area contributed by atoms with Crippen LogP contribution < -0.4 is 5.32 Å². The molecule has 0 aliphatic carbocycles. The minimum Gasteiger partial charge on any atom is -0.396 e. The quantitative estimate of drug-likeness (QED) is 0.699. The molecule has 2 fully saturated rings. The van der Waals surface area contributed by atoms with Gasteiger partial charge in [0.05, 0.1) is 12.2 Å². The Kier molecular flexibility index (Phi) is 4.00. The van der Waals surface area contributed by atoms with E-state index in [4.69, 9.17) is 9.84 Å². The number of aliphatic hydroxyl groups excluding tert-OH is 1. The zero-order valence-electron chi connectivity index (χ0n) is 9.61. The molecule has 2 heterocycles. The Morgan fingerprint density at radius 3 is 2.93 bits per heavy atom. The summed E-state index contributed by atoms with van der Waals surface area (Å²) in [5, 5.41) is 12.3. The van der Waals surface area contributed by atoms with E-state index in [-0.39, 0.29) is 0 Å². The second-order valence-electron chi connectivity index (χ2n) is 5.04. The SMILES string of the molecule is CC(CCCO)NCC1CC2CCC1O2. The molecule has 0 aromatic heterocycles. The molecule has 0 aromatic carbocycles. The third kappa shape index (κ3) is 2.92. The van der Waals surface area contributed by atoms with Gasteiger partial charge in [0.2, 0.25) is 0 Å². The number of rotatable bonds is 6. The largest absolute Gasteiger partial charge is 0.396 e. The highest BCUT2D eigenvalue weighted by atomic mass is 16.5. The van der Waals surface area contributed by atoms with Gasteiger partial charge in [0.25, 0.3) is 0 Å². The number of aliphatic hydroxyl groups is 1. The maximum atomic E-state index is 8.73. The summed E-state index contributed by atoms with van der Waals surface area (Å²) in [6.45, 7) is 3.60. The molecule has 3 heteroatoms. The summed E-state index contributed by atoms with van der Waals surface area (Å²) in [6, 6.07) is 0.524. The van der Waals surface area contributed by atoms with Gasteiger partial charge in [0, 0.05) is 25.1 Å². The molecule has 2 aliphatic heterocycles. The number of hydrogen-bond acceptors (Lipinski definition) is 3. The molecule has 0 saturated carbocycles. The summed E-state index contributed by atoms with van der Waals surface area (Å²) in [4.78, 5) is 0. The van der Waals surface area contributed by atoms with Crippen molar-refractivity contribution in [3.63, 3.8) is 0 Å². The minimum atomic E-state index is 0.309. The van der Waals surface area contributed by atoms with Gasteiger partial charge in [-0.1, -0.05) is 0 Å². The van der Waals surface area contributed by atoms with Crippen LogP contribution in [0.4, 0.5) is 0 Å². The number of nitrogens with one attached hydrogen (secondary N) is 1. The number of ether oxygens (including phenoxy) is 1. The molecule has 4 unspecified atom stereocenters. The van der Waals surface area contributed by atoms with Crippen molar-refractivity contribution in [2.24, 2.45) is 5.92 Å². The Morgan fingerprint density at radius 2 is 2.33 bits per heavy atom. The lowest BCUT2D eigenvalue weighted by molar-refractivity contribution is 0.0919. The zero-order chi connectivity index (χ0) is 10.7. The van der Waals surface area contributed by atoms with E-state index in [9.17, 15) is 0 Å². The van der Waals surface area contributed by atoms with Crippen LogP contribution in [0.5, 0.6) is 0 Å².